The third-order valence-corrected chi connectivity index (χ3v) is 5.26. The summed E-state index contributed by atoms with van der Waals surface area (Å²) in [6, 6.07) is 7.65. The Morgan fingerprint density at radius 1 is 1.39 bits per heavy atom. The molecule has 124 valence electrons. The van der Waals surface area contributed by atoms with Crippen molar-refractivity contribution in [3.8, 4) is 0 Å². The fourth-order valence-electron chi connectivity index (χ4n) is 4.14. The Hall–Kier alpha value is -1.88. The van der Waals surface area contributed by atoms with Crippen LogP contribution < -0.4 is 0 Å². The standard InChI is InChI=1S/C18H24N2O3/c1-19(2)10-13-5-3-6-14(9-13)16(21)20-11-15-7-4-8-18(15,12-20)17(22)23/h3,5-6,9,15H,4,7-8,10-12H2,1-2H3,(H,22,23)/t15-,18+/m0/s1. The van der Waals surface area contributed by atoms with Crippen LogP contribution in [0.25, 0.3) is 0 Å². The zero-order valence-corrected chi connectivity index (χ0v) is 13.8. The van der Waals surface area contributed by atoms with E-state index in [-0.39, 0.29) is 11.8 Å². The normalized spacial score (nSPS) is 26.6. The van der Waals surface area contributed by atoms with Crippen molar-refractivity contribution < 1.29 is 14.7 Å². The molecule has 5 heteroatoms. The van der Waals surface area contributed by atoms with Crippen LogP contribution >= 0.6 is 0 Å². The number of likely N-dealkylation sites (tertiary alicyclic amines) is 1. The Kier molecular flexibility index (Phi) is 4.15. The number of aliphatic carboxylic acids is 1. The van der Waals surface area contributed by atoms with Gasteiger partial charge in [0.2, 0.25) is 0 Å². The van der Waals surface area contributed by atoms with E-state index in [0.29, 0.717) is 25.1 Å². The number of carbonyl (C=O) groups is 2. The van der Waals surface area contributed by atoms with E-state index in [4.69, 9.17) is 0 Å². The van der Waals surface area contributed by atoms with Gasteiger partial charge in [0.25, 0.3) is 5.91 Å². The highest BCUT2D eigenvalue weighted by atomic mass is 16.4. The Labute approximate surface area is 136 Å². The summed E-state index contributed by atoms with van der Waals surface area (Å²) in [5, 5.41) is 9.64. The molecule has 0 unspecified atom stereocenters. The second kappa shape index (κ2) is 5.96. The maximum absolute atomic E-state index is 12.8. The largest absolute Gasteiger partial charge is 0.481 e. The second-order valence-corrected chi connectivity index (χ2v) is 7.17. The van der Waals surface area contributed by atoms with Gasteiger partial charge in [-0.25, -0.2) is 0 Å². The fraction of sp³-hybridized carbons (Fsp3) is 0.556. The van der Waals surface area contributed by atoms with Crippen LogP contribution in [0.2, 0.25) is 0 Å². The van der Waals surface area contributed by atoms with Crippen molar-refractivity contribution in [2.24, 2.45) is 11.3 Å². The van der Waals surface area contributed by atoms with Crippen molar-refractivity contribution in [2.45, 2.75) is 25.8 Å². The van der Waals surface area contributed by atoms with Gasteiger partial charge in [-0.05, 0) is 50.6 Å². The van der Waals surface area contributed by atoms with Gasteiger partial charge in [-0.15, -0.1) is 0 Å². The minimum atomic E-state index is -0.739. The predicted molar refractivity (Wildman–Crippen MR) is 87.1 cm³/mol. The Balaban J connectivity index is 1.78. The molecule has 1 amide bonds. The molecule has 1 N–H and O–H groups in total. The lowest BCUT2D eigenvalue weighted by Gasteiger charge is -2.23. The monoisotopic (exact) mass is 316 g/mol. The average Bonchev–Trinajstić information content (AvgIpc) is 3.04. The smallest absolute Gasteiger partial charge is 0.311 e. The van der Waals surface area contributed by atoms with E-state index in [0.717, 1.165) is 24.9 Å². The first-order valence-electron chi connectivity index (χ1n) is 8.19. The van der Waals surface area contributed by atoms with Gasteiger partial charge in [-0.1, -0.05) is 18.6 Å². The number of hydrogen-bond acceptors (Lipinski definition) is 3. The number of benzene rings is 1. The lowest BCUT2D eigenvalue weighted by Crippen LogP contribution is -2.37. The molecule has 1 aromatic carbocycles. The van der Waals surface area contributed by atoms with E-state index in [1.165, 1.54) is 0 Å². The van der Waals surface area contributed by atoms with Gasteiger partial charge >= 0.3 is 5.97 Å². The maximum Gasteiger partial charge on any atom is 0.311 e. The van der Waals surface area contributed by atoms with Gasteiger partial charge in [-0.2, -0.15) is 0 Å². The lowest BCUT2D eigenvalue weighted by atomic mass is 9.81. The molecular formula is C18H24N2O3. The molecule has 0 radical (unpaired) electrons. The molecule has 0 aromatic heterocycles. The van der Waals surface area contributed by atoms with E-state index < -0.39 is 11.4 Å². The molecule has 23 heavy (non-hydrogen) atoms. The van der Waals surface area contributed by atoms with Gasteiger partial charge in [0, 0.05) is 25.2 Å². The molecule has 1 aliphatic heterocycles. The molecule has 2 atom stereocenters. The number of hydrogen-bond donors (Lipinski definition) is 1. The first kappa shape index (κ1) is 16.0. The van der Waals surface area contributed by atoms with Crippen LogP contribution in [-0.4, -0.2) is 54.0 Å². The number of nitrogens with zero attached hydrogens (tertiary/aromatic N) is 2. The second-order valence-electron chi connectivity index (χ2n) is 7.17. The van der Waals surface area contributed by atoms with Crippen molar-refractivity contribution in [1.82, 2.24) is 9.80 Å². The van der Waals surface area contributed by atoms with Gasteiger partial charge in [0.05, 0.1) is 5.41 Å². The molecule has 1 aliphatic carbocycles. The van der Waals surface area contributed by atoms with E-state index in [1.54, 1.807) is 4.90 Å². The quantitative estimate of drug-likeness (QED) is 0.924. The van der Waals surface area contributed by atoms with E-state index in [9.17, 15) is 14.7 Å². The van der Waals surface area contributed by atoms with Crippen LogP contribution in [-0.2, 0) is 11.3 Å². The highest BCUT2D eigenvalue weighted by Crippen LogP contribution is 2.49. The molecule has 2 fully saturated rings. The molecule has 0 spiro atoms. The molecule has 1 aromatic rings. The first-order chi connectivity index (χ1) is 10.9. The zero-order chi connectivity index (χ0) is 16.6. The summed E-state index contributed by atoms with van der Waals surface area (Å²) in [6.07, 6.45) is 2.56. The van der Waals surface area contributed by atoms with Crippen LogP contribution in [0.3, 0.4) is 0 Å². The Bertz CT molecular complexity index is 628. The average molecular weight is 316 g/mol. The number of carboxylic acids is 1. The van der Waals surface area contributed by atoms with Gasteiger partial charge in [0.1, 0.15) is 0 Å². The Morgan fingerprint density at radius 3 is 2.83 bits per heavy atom. The lowest BCUT2D eigenvalue weighted by molar-refractivity contribution is -0.149. The van der Waals surface area contributed by atoms with Crippen LogP contribution in [0.1, 0.15) is 35.2 Å². The topological polar surface area (TPSA) is 60.9 Å². The third kappa shape index (κ3) is 2.85. The molecular weight excluding hydrogens is 292 g/mol. The summed E-state index contributed by atoms with van der Waals surface area (Å²) in [4.78, 5) is 28.3. The molecule has 2 aliphatic rings. The summed E-state index contributed by atoms with van der Waals surface area (Å²) in [5.41, 5.74) is 1.04. The number of carboxylic acid groups (broad SMARTS) is 1. The van der Waals surface area contributed by atoms with Crippen molar-refractivity contribution in [3.05, 3.63) is 35.4 Å². The minimum absolute atomic E-state index is 0.0411. The predicted octanol–water partition coefficient (Wildman–Crippen LogP) is 2.08. The maximum atomic E-state index is 12.8. The third-order valence-electron chi connectivity index (χ3n) is 5.26. The molecule has 1 saturated heterocycles. The van der Waals surface area contributed by atoms with Crippen LogP contribution in [0.4, 0.5) is 0 Å². The first-order valence-corrected chi connectivity index (χ1v) is 8.19. The van der Waals surface area contributed by atoms with Gasteiger partial charge in [-0.3, -0.25) is 9.59 Å². The van der Waals surface area contributed by atoms with Crippen molar-refractivity contribution in [1.29, 1.82) is 0 Å². The molecule has 1 heterocycles. The zero-order valence-electron chi connectivity index (χ0n) is 13.8. The van der Waals surface area contributed by atoms with E-state index in [1.807, 2.05) is 38.4 Å². The van der Waals surface area contributed by atoms with Crippen molar-refractivity contribution in [2.75, 3.05) is 27.2 Å². The number of fused-ring (bicyclic) bond motifs is 1. The number of carbonyl (C=O) groups excluding carboxylic acids is 1. The van der Waals surface area contributed by atoms with Gasteiger partial charge < -0.3 is 14.9 Å². The molecule has 3 rings (SSSR count). The summed E-state index contributed by atoms with van der Waals surface area (Å²) < 4.78 is 0. The van der Waals surface area contributed by atoms with E-state index in [2.05, 4.69) is 4.90 Å². The van der Waals surface area contributed by atoms with Crippen LogP contribution in [0, 0.1) is 11.3 Å². The summed E-state index contributed by atoms with van der Waals surface area (Å²) in [5.74, 6) is -0.675. The minimum Gasteiger partial charge on any atom is -0.481 e. The Morgan fingerprint density at radius 2 is 2.17 bits per heavy atom. The highest BCUT2D eigenvalue weighted by Gasteiger charge is 2.55. The van der Waals surface area contributed by atoms with E-state index >= 15 is 0 Å². The van der Waals surface area contributed by atoms with Gasteiger partial charge in [0.15, 0.2) is 0 Å². The van der Waals surface area contributed by atoms with Crippen molar-refractivity contribution in [3.63, 3.8) is 0 Å². The summed E-state index contributed by atoms with van der Waals surface area (Å²) in [7, 11) is 3.99. The molecule has 5 nitrogen and oxygen atoms in total. The summed E-state index contributed by atoms with van der Waals surface area (Å²) in [6.45, 7) is 1.70. The number of rotatable bonds is 4. The molecule has 1 saturated carbocycles. The molecule has 0 bridgehead atoms. The number of amides is 1. The SMILES string of the molecule is CN(C)Cc1cccc(C(=O)N2C[C@@H]3CCC[C@@]3(C(=O)O)C2)c1. The summed E-state index contributed by atoms with van der Waals surface area (Å²) >= 11 is 0. The van der Waals surface area contributed by atoms with Crippen LogP contribution in [0.15, 0.2) is 24.3 Å². The fourth-order valence-corrected chi connectivity index (χ4v) is 4.14. The highest BCUT2D eigenvalue weighted by molar-refractivity contribution is 5.95. The van der Waals surface area contributed by atoms with Crippen LogP contribution in [0.5, 0.6) is 0 Å². The van der Waals surface area contributed by atoms with Crippen molar-refractivity contribution >= 4 is 11.9 Å².